The van der Waals surface area contributed by atoms with Crippen molar-refractivity contribution < 1.29 is 4.79 Å². The van der Waals surface area contributed by atoms with Crippen LogP contribution in [-0.2, 0) is 6.42 Å². The molecule has 23 heavy (non-hydrogen) atoms. The molecule has 0 bridgehead atoms. The van der Waals surface area contributed by atoms with Gasteiger partial charge in [-0.2, -0.15) is 0 Å². The quantitative estimate of drug-likeness (QED) is 0.483. The molecule has 0 saturated carbocycles. The van der Waals surface area contributed by atoms with E-state index in [-0.39, 0.29) is 5.78 Å². The summed E-state index contributed by atoms with van der Waals surface area (Å²) in [4.78, 5) is 20.6. The zero-order valence-electron chi connectivity index (χ0n) is 12.1. The summed E-state index contributed by atoms with van der Waals surface area (Å²) in [5.74, 6) is 0.578. The molecule has 0 spiro atoms. The Kier molecular flexibility index (Phi) is 4.73. The number of nitrogens with zero attached hydrogens (tertiary/aromatic N) is 2. The van der Waals surface area contributed by atoms with Crippen molar-refractivity contribution >= 4 is 54.2 Å². The minimum Gasteiger partial charge on any atom is -0.383 e. The van der Waals surface area contributed by atoms with Gasteiger partial charge >= 0.3 is 0 Å². The highest BCUT2D eigenvalue weighted by atomic mass is 79.9. The van der Waals surface area contributed by atoms with Gasteiger partial charge in [-0.3, -0.25) is 4.79 Å². The number of hydrogen-bond acceptors (Lipinski definition) is 4. The normalized spacial score (nSPS) is 10.9. The topological polar surface area (TPSA) is 68.9 Å². The summed E-state index contributed by atoms with van der Waals surface area (Å²) < 4.78 is 1.36. The number of pyridine rings is 2. The number of fused-ring (bicyclic) bond motifs is 1. The highest BCUT2D eigenvalue weighted by molar-refractivity contribution is 9.11. The van der Waals surface area contributed by atoms with Gasteiger partial charge in [-0.15, -0.1) is 0 Å². The molecule has 2 aromatic heterocycles. The van der Waals surface area contributed by atoms with Crippen LogP contribution in [0, 0.1) is 0 Å². The van der Waals surface area contributed by atoms with Crippen LogP contribution in [-0.4, -0.2) is 15.8 Å². The van der Waals surface area contributed by atoms with Gasteiger partial charge in [-0.05, 0) is 61.4 Å². The fourth-order valence-corrected chi connectivity index (χ4v) is 3.19. The third-order valence-corrected chi connectivity index (χ3v) is 4.67. The first-order valence-corrected chi connectivity index (χ1v) is 8.60. The van der Waals surface area contributed by atoms with Crippen LogP contribution in [0.5, 0.6) is 0 Å². The monoisotopic (exact) mass is 433 g/mol. The molecule has 0 atom stereocenters. The summed E-state index contributed by atoms with van der Waals surface area (Å²) in [6.07, 6.45) is 4.43. The van der Waals surface area contributed by atoms with E-state index in [1.54, 1.807) is 18.5 Å². The van der Waals surface area contributed by atoms with Crippen LogP contribution >= 0.6 is 31.9 Å². The summed E-state index contributed by atoms with van der Waals surface area (Å²) >= 11 is 6.67. The number of ketones is 1. The summed E-state index contributed by atoms with van der Waals surface area (Å²) in [7, 11) is 0. The number of aryl methyl sites for hydroxylation is 1. The van der Waals surface area contributed by atoms with Gasteiger partial charge in [0.15, 0.2) is 5.78 Å². The minimum absolute atomic E-state index is 0.0556. The molecule has 116 valence electrons. The van der Waals surface area contributed by atoms with Crippen molar-refractivity contribution in [2.45, 2.75) is 12.8 Å². The van der Waals surface area contributed by atoms with Crippen molar-refractivity contribution in [2.24, 2.45) is 0 Å². The highest BCUT2D eigenvalue weighted by Crippen LogP contribution is 2.23. The number of anilines is 1. The summed E-state index contributed by atoms with van der Waals surface area (Å²) in [6.45, 7) is 0. The summed E-state index contributed by atoms with van der Waals surface area (Å²) in [5, 5.41) is 1.97. The van der Waals surface area contributed by atoms with Gasteiger partial charge in [-0.1, -0.05) is 18.2 Å². The molecule has 0 aliphatic rings. The number of rotatable bonds is 4. The second-order valence-corrected chi connectivity index (χ2v) is 6.83. The van der Waals surface area contributed by atoms with E-state index in [9.17, 15) is 4.79 Å². The maximum absolute atomic E-state index is 12.4. The molecule has 3 rings (SSSR count). The zero-order valence-corrected chi connectivity index (χ0v) is 15.3. The third-order valence-electron chi connectivity index (χ3n) is 3.61. The van der Waals surface area contributed by atoms with E-state index in [0.717, 1.165) is 20.8 Å². The van der Waals surface area contributed by atoms with Crippen molar-refractivity contribution in [3.05, 3.63) is 62.9 Å². The lowest BCUT2D eigenvalue weighted by molar-refractivity contribution is 0.0981. The summed E-state index contributed by atoms with van der Waals surface area (Å²) in [6, 6.07) is 9.70. The Bertz CT molecular complexity index is 896. The predicted octanol–water partition coefficient (Wildman–Crippen LogP) is 4.55. The molecule has 6 heteroatoms. The Labute approximate surface area is 150 Å². The van der Waals surface area contributed by atoms with Crippen LogP contribution in [0.3, 0.4) is 0 Å². The van der Waals surface area contributed by atoms with Gasteiger partial charge < -0.3 is 5.73 Å². The SMILES string of the molecule is Nc1nccc2cc(CCC(=O)c3cc(Br)cnc3Br)ccc12. The minimum atomic E-state index is 0.0556. The number of halogens is 2. The molecule has 0 amide bonds. The highest BCUT2D eigenvalue weighted by Gasteiger charge is 2.12. The molecule has 2 heterocycles. The van der Waals surface area contributed by atoms with Crippen molar-refractivity contribution in [1.29, 1.82) is 0 Å². The van der Waals surface area contributed by atoms with Crippen molar-refractivity contribution in [1.82, 2.24) is 9.97 Å². The van der Waals surface area contributed by atoms with Gasteiger partial charge in [0.1, 0.15) is 10.4 Å². The maximum Gasteiger partial charge on any atom is 0.165 e. The lowest BCUT2D eigenvalue weighted by Crippen LogP contribution is -2.03. The second kappa shape index (κ2) is 6.76. The van der Waals surface area contributed by atoms with Crippen LogP contribution in [0.15, 0.2) is 51.8 Å². The third kappa shape index (κ3) is 3.59. The molecule has 0 radical (unpaired) electrons. The first-order chi connectivity index (χ1) is 11.0. The van der Waals surface area contributed by atoms with Crippen LogP contribution in [0.1, 0.15) is 22.3 Å². The number of nitrogens with two attached hydrogens (primary N) is 1. The number of carbonyl (C=O) groups excluding carboxylic acids is 1. The van der Waals surface area contributed by atoms with Crippen LogP contribution in [0.2, 0.25) is 0 Å². The largest absolute Gasteiger partial charge is 0.383 e. The Balaban J connectivity index is 1.78. The zero-order chi connectivity index (χ0) is 16.4. The average molecular weight is 435 g/mol. The smallest absolute Gasteiger partial charge is 0.165 e. The number of Topliss-reactive ketones (excluding diaryl/α,β-unsaturated/α-hetero) is 1. The van der Waals surface area contributed by atoms with Gasteiger partial charge in [0.2, 0.25) is 0 Å². The van der Waals surface area contributed by atoms with Gasteiger partial charge in [0.05, 0.1) is 5.56 Å². The van der Waals surface area contributed by atoms with E-state index < -0.39 is 0 Å². The number of carbonyl (C=O) groups is 1. The molecule has 2 N–H and O–H groups in total. The van der Waals surface area contributed by atoms with E-state index in [1.807, 2.05) is 18.2 Å². The first kappa shape index (κ1) is 16.1. The molecule has 0 saturated heterocycles. The predicted molar refractivity (Wildman–Crippen MR) is 98.4 cm³/mol. The second-order valence-electron chi connectivity index (χ2n) is 5.17. The molecule has 4 nitrogen and oxygen atoms in total. The van der Waals surface area contributed by atoms with Crippen molar-refractivity contribution in [2.75, 3.05) is 5.73 Å². The number of aromatic nitrogens is 2. The van der Waals surface area contributed by atoms with Crippen molar-refractivity contribution in [3.8, 4) is 0 Å². The molecule has 0 aliphatic carbocycles. The molecule has 1 aromatic carbocycles. The van der Waals surface area contributed by atoms with Crippen LogP contribution in [0.4, 0.5) is 5.82 Å². The number of nitrogen functional groups attached to an aromatic ring is 1. The van der Waals surface area contributed by atoms with Crippen molar-refractivity contribution in [3.63, 3.8) is 0 Å². The molecule has 0 unspecified atom stereocenters. The van der Waals surface area contributed by atoms with Crippen LogP contribution in [0.25, 0.3) is 10.8 Å². The van der Waals surface area contributed by atoms with E-state index in [2.05, 4.69) is 47.9 Å². The van der Waals surface area contributed by atoms with Gasteiger partial charge in [0.25, 0.3) is 0 Å². The molecular formula is C17H13Br2N3O. The van der Waals surface area contributed by atoms with Gasteiger partial charge in [0, 0.05) is 28.7 Å². The average Bonchev–Trinajstić information content (AvgIpc) is 2.55. The Hall–Kier alpha value is -1.79. The van der Waals surface area contributed by atoms with Gasteiger partial charge in [-0.25, -0.2) is 9.97 Å². The van der Waals surface area contributed by atoms with E-state index in [1.165, 1.54) is 0 Å². The fraction of sp³-hybridized carbons (Fsp3) is 0.118. The van der Waals surface area contributed by atoms with E-state index >= 15 is 0 Å². The van der Waals surface area contributed by atoms with E-state index in [0.29, 0.717) is 28.8 Å². The summed E-state index contributed by atoms with van der Waals surface area (Å²) in [5.41, 5.74) is 7.54. The molecule has 0 aliphatic heterocycles. The fourth-order valence-electron chi connectivity index (χ4n) is 2.42. The lowest BCUT2D eigenvalue weighted by Gasteiger charge is -2.06. The maximum atomic E-state index is 12.4. The Morgan fingerprint density at radius 3 is 2.78 bits per heavy atom. The first-order valence-electron chi connectivity index (χ1n) is 7.02. The number of hydrogen-bond donors (Lipinski definition) is 1. The molecular weight excluding hydrogens is 422 g/mol. The van der Waals surface area contributed by atoms with E-state index in [4.69, 9.17) is 5.73 Å². The lowest BCUT2D eigenvalue weighted by atomic mass is 10.0. The molecule has 0 fully saturated rings. The number of benzene rings is 1. The Morgan fingerprint density at radius 2 is 1.96 bits per heavy atom. The Morgan fingerprint density at radius 1 is 1.13 bits per heavy atom. The van der Waals surface area contributed by atoms with Crippen LogP contribution < -0.4 is 5.73 Å². The molecule has 3 aromatic rings. The standard InChI is InChI=1S/C17H13Br2N3O/c18-12-8-14(16(19)22-9-12)15(23)4-2-10-1-3-13-11(7-10)5-6-21-17(13)20/h1,3,5-9H,2,4H2,(H2,20,21).